The third-order valence-electron chi connectivity index (χ3n) is 4.54. The second-order valence-corrected chi connectivity index (χ2v) is 11.3. The molecule has 0 unspecified atom stereocenters. The van der Waals surface area contributed by atoms with Crippen LogP contribution in [0.4, 0.5) is 21.2 Å². The summed E-state index contributed by atoms with van der Waals surface area (Å²) in [6.07, 6.45) is -0.466. The van der Waals surface area contributed by atoms with E-state index < -0.39 is 23.4 Å². The number of imide groups is 1. The van der Waals surface area contributed by atoms with E-state index in [1.54, 1.807) is 84.0 Å². The number of hydrogen-bond acceptors (Lipinski definition) is 7. The predicted molar refractivity (Wildman–Crippen MR) is 150 cm³/mol. The molecule has 3 aromatic rings. The van der Waals surface area contributed by atoms with E-state index in [-0.39, 0.29) is 11.9 Å². The minimum atomic E-state index is -0.951. The minimum Gasteiger partial charge on any atom is -0.443 e. The smallest absolute Gasteiger partial charge is 0.427 e. The summed E-state index contributed by atoms with van der Waals surface area (Å²) in [6.45, 7) is 10.1. The highest BCUT2D eigenvalue weighted by atomic mass is 127. The van der Waals surface area contributed by atoms with E-state index in [9.17, 15) is 14.4 Å². The Balaban J connectivity index is 1.85. The van der Waals surface area contributed by atoms with Gasteiger partial charge in [-0.05, 0) is 107 Å². The molecule has 0 saturated carbocycles. The van der Waals surface area contributed by atoms with Gasteiger partial charge in [0.25, 0.3) is 5.91 Å². The van der Waals surface area contributed by atoms with E-state index in [0.717, 1.165) is 3.57 Å². The molecule has 0 spiro atoms. The van der Waals surface area contributed by atoms with Gasteiger partial charge in [-0.25, -0.2) is 19.6 Å². The molecular weight excluding hydrogens is 587 g/mol. The fraction of sp³-hybridized carbons (Fsp3) is 0.296. The van der Waals surface area contributed by atoms with E-state index in [2.05, 4.69) is 37.9 Å². The largest absolute Gasteiger partial charge is 0.443 e. The van der Waals surface area contributed by atoms with Crippen LogP contribution in [0.25, 0.3) is 11.3 Å². The first-order valence-corrected chi connectivity index (χ1v) is 12.6. The lowest BCUT2D eigenvalue weighted by molar-refractivity contribution is 0.0427. The standard InChI is InChI=1S/C27H29IN4O5/c1-26(2,3)36-24(34)32(25(35)37-27(4,5)6)23-29-16-15-21(31-23)17-9-13-20(14-10-17)30-22(33)18-7-11-19(28)12-8-18/h7-16H,1-6H3,(H,30,33). The summed E-state index contributed by atoms with van der Waals surface area (Å²) in [7, 11) is 0. The molecule has 0 atom stereocenters. The number of benzene rings is 2. The summed E-state index contributed by atoms with van der Waals surface area (Å²) in [4.78, 5) is 47.5. The van der Waals surface area contributed by atoms with E-state index in [1.165, 1.54) is 6.20 Å². The van der Waals surface area contributed by atoms with Gasteiger partial charge in [-0.2, -0.15) is 0 Å². The quantitative estimate of drug-likeness (QED) is 0.326. The summed E-state index contributed by atoms with van der Waals surface area (Å²) in [5, 5.41) is 2.85. The fourth-order valence-corrected chi connectivity index (χ4v) is 3.36. The Labute approximate surface area is 229 Å². The number of amides is 3. The zero-order chi connectivity index (χ0) is 27.4. The highest BCUT2D eigenvalue weighted by Gasteiger charge is 2.34. The maximum Gasteiger partial charge on any atom is 0.427 e. The second-order valence-electron chi connectivity index (χ2n) is 10.1. The van der Waals surface area contributed by atoms with Gasteiger partial charge in [-0.1, -0.05) is 12.1 Å². The van der Waals surface area contributed by atoms with Crippen LogP contribution in [-0.2, 0) is 9.47 Å². The molecule has 1 N–H and O–H groups in total. The number of hydrogen-bond donors (Lipinski definition) is 1. The monoisotopic (exact) mass is 616 g/mol. The number of carbonyl (C=O) groups is 3. The van der Waals surface area contributed by atoms with Crippen molar-refractivity contribution in [2.75, 3.05) is 10.2 Å². The van der Waals surface area contributed by atoms with Gasteiger partial charge in [0.15, 0.2) is 0 Å². The van der Waals surface area contributed by atoms with Crippen LogP contribution >= 0.6 is 22.6 Å². The second kappa shape index (κ2) is 11.2. The normalized spacial score (nSPS) is 11.4. The third kappa shape index (κ3) is 8.24. The number of halogens is 1. The van der Waals surface area contributed by atoms with Crippen LogP contribution in [-0.4, -0.2) is 39.3 Å². The molecule has 0 radical (unpaired) electrons. The van der Waals surface area contributed by atoms with Crippen molar-refractivity contribution in [2.24, 2.45) is 0 Å². The van der Waals surface area contributed by atoms with Gasteiger partial charge in [0.2, 0.25) is 5.95 Å². The lowest BCUT2D eigenvalue weighted by Gasteiger charge is -2.27. The van der Waals surface area contributed by atoms with E-state index in [0.29, 0.717) is 27.4 Å². The Morgan fingerprint density at radius 1 is 0.811 bits per heavy atom. The molecule has 0 aliphatic rings. The van der Waals surface area contributed by atoms with Crippen molar-refractivity contribution >= 4 is 52.3 Å². The molecule has 0 aliphatic heterocycles. The average Bonchev–Trinajstić information content (AvgIpc) is 2.78. The number of nitrogens with zero attached hydrogens (tertiary/aromatic N) is 3. The highest BCUT2D eigenvalue weighted by molar-refractivity contribution is 14.1. The zero-order valence-electron chi connectivity index (χ0n) is 21.5. The molecule has 0 bridgehead atoms. The number of rotatable bonds is 4. The van der Waals surface area contributed by atoms with Gasteiger partial charge >= 0.3 is 12.2 Å². The molecule has 10 heteroatoms. The number of nitrogens with one attached hydrogen (secondary N) is 1. The highest BCUT2D eigenvalue weighted by Crippen LogP contribution is 2.24. The molecule has 194 valence electrons. The topological polar surface area (TPSA) is 111 Å². The molecule has 1 aromatic heterocycles. The molecule has 1 heterocycles. The zero-order valence-corrected chi connectivity index (χ0v) is 23.7. The summed E-state index contributed by atoms with van der Waals surface area (Å²) in [5.74, 6) is -0.407. The van der Waals surface area contributed by atoms with Gasteiger partial charge in [-0.15, -0.1) is 4.90 Å². The summed E-state index contributed by atoms with van der Waals surface area (Å²) < 4.78 is 11.8. The van der Waals surface area contributed by atoms with Crippen molar-refractivity contribution in [3.05, 3.63) is 69.9 Å². The van der Waals surface area contributed by atoms with Crippen LogP contribution < -0.4 is 10.2 Å². The lowest BCUT2D eigenvalue weighted by atomic mass is 10.1. The van der Waals surface area contributed by atoms with Gasteiger partial charge in [-0.3, -0.25) is 4.79 Å². The number of ether oxygens (including phenoxy) is 2. The molecule has 0 fully saturated rings. The molecule has 37 heavy (non-hydrogen) atoms. The first-order valence-electron chi connectivity index (χ1n) is 11.5. The predicted octanol–water partition coefficient (Wildman–Crippen LogP) is 6.68. The summed E-state index contributed by atoms with van der Waals surface area (Å²) in [6, 6.07) is 15.9. The van der Waals surface area contributed by atoms with Gasteiger partial charge < -0.3 is 14.8 Å². The Kier molecular flexibility index (Phi) is 8.52. The van der Waals surface area contributed by atoms with Crippen LogP contribution in [0.1, 0.15) is 51.9 Å². The Morgan fingerprint density at radius 3 is 1.86 bits per heavy atom. The molecule has 0 saturated heterocycles. The third-order valence-corrected chi connectivity index (χ3v) is 5.26. The number of anilines is 2. The Bertz CT molecular complexity index is 1250. The average molecular weight is 616 g/mol. The first-order chi connectivity index (χ1) is 17.2. The summed E-state index contributed by atoms with van der Waals surface area (Å²) in [5.41, 5.74) is 0.586. The van der Waals surface area contributed by atoms with Gasteiger partial charge in [0.05, 0.1) is 5.69 Å². The molecule has 3 rings (SSSR count). The van der Waals surface area contributed by atoms with Crippen molar-refractivity contribution < 1.29 is 23.9 Å². The van der Waals surface area contributed by atoms with Crippen LogP contribution in [0.5, 0.6) is 0 Å². The van der Waals surface area contributed by atoms with Crippen molar-refractivity contribution in [1.82, 2.24) is 9.97 Å². The first kappa shape index (κ1) is 28.0. The van der Waals surface area contributed by atoms with Gasteiger partial charge in [0.1, 0.15) is 11.2 Å². The van der Waals surface area contributed by atoms with E-state index in [1.807, 2.05) is 12.1 Å². The molecular formula is C27H29IN4O5. The van der Waals surface area contributed by atoms with Gasteiger partial charge in [0, 0.05) is 26.6 Å². The van der Waals surface area contributed by atoms with Crippen molar-refractivity contribution in [3.63, 3.8) is 0 Å². The Hall–Kier alpha value is -3.54. The van der Waals surface area contributed by atoms with Crippen molar-refractivity contribution in [2.45, 2.75) is 52.7 Å². The number of aromatic nitrogens is 2. The maximum absolute atomic E-state index is 12.9. The van der Waals surface area contributed by atoms with E-state index in [4.69, 9.17) is 9.47 Å². The molecule has 2 aromatic carbocycles. The van der Waals surface area contributed by atoms with Crippen LogP contribution in [0.15, 0.2) is 60.8 Å². The minimum absolute atomic E-state index is 0.183. The van der Waals surface area contributed by atoms with E-state index >= 15 is 0 Å². The molecule has 0 aliphatic carbocycles. The van der Waals surface area contributed by atoms with Crippen molar-refractivity contribution in [3.8, 4) is 11.3 Å². The van der Waals surface area contributed by atoms with Crippen molar-refractivity contribution in [1.29, 1.82) is 0 Å². The number of carbonyl (C=O) groups excluding carboxylic acids is 3. The molecule has 9 nitrogen and oxygen atoms in total. The Morgan fingerprint density at radius 2 is 1.35 bits per heavy atom. The fourth-order valence-electron chi connectivity index (χ4n) is 3.00. The lowest BCUT2D eigenvalue weighted by Crippen LogP contribution is -2.44. The van der Waals surface area contributed by atoms with Crippen LogP contribution in [0.2, 0.25) is 0 Å². The van der Waals surface area contributed by atoms with Crippen LogP contribution in [0, 0.1) is 3.57 Å². The maximum atomic E-state index is 12.9. The van der Waals surface area contributed by atoms with Crippen LogP contribution in [0.3, 0.4) is 0 Å². The SMILES string of the molecule is CC(C)(C)OC(=O)N(C(=O)OC(C)(C)C)c1nccc(-c2ccc(NC(=O)c3ccc(I)cc3)cc2)n1. The summed E-state index contributed by atoms with van der Waals surface area (Å²) >= 11 is 2.18. The molecule has 3 amide bonds.